The Hall–Kier alpha value is -1.46. The maximum absolute atomic E-state index is 11.7. The minimum Gasteiger partial charge on any atom is -0.330 e. The van der Waals surface area contributed by atoms with E-state index in [0.29, 0.717) is 6.54 Å². The molecule has 0 saturated heterocycles. The molecule has 2 heterocycles. The first kappa shape index (κ1) is 12.0. The van der Waals surface area contributed by atoms with Crippen LogP contribution < -0.4 is 11.3 Å². The molecule has 2 rings (SSSR count). The van der Waals surface area contributed by atoms with Crippen molar-refractivity contribution in [3.8, 4) is 10.6 Å². The van der Waals surface area contributed by atoms with Crippen LogP contribution in [-0.2, 0) is 0 Å². The normalized spacial score (nSPS) is 12.6. The smallest absolute Gasteiger partial charge is 0.267 e. The van der Waals surface area contributed by atoms with Gasteiger partial charge in [0.1, 0.15) is 5.69 Å². The Balaban J connectivity index is 2.39. The highest BCUT2D eigenvalue weighted by Crippen LogP contribution is 2.21. The minimum absolute atomic E-state index is 0.0346. The average Bonchev–Trinajstić information content (AvgIpc) is 2.83. The Labute approximate surface area is 104 Å². The van der Waals surface area contributed by atoms with Crippen molar-refractivity contribution in [3.63, 3.8) is 0 Å². The lowest BCUT2D eigenvalue weighted by Gasteiger charge is -2.13. The van der Waals surface area contributed by atoms with Gasteiger partial charge in [-0.05, 0) is 37.4 Å². The summed E-state index contributed by atoms with van der Waals surface area (Å²) in [6.45, 7) is 2.51. The zero-order valence-electron chi connectivity index (χ0n) is 9.67. The Bertz CT molecular complexity index is 533. The Morgan fingerprint density at radius 2 is 2.29 bits per heavy atom. The molecule has 0 aliphatic rings. The Morgan fingerprint density at radius 3 is 2.94 bits per heavy atom. The van der Waals surface area contributed by atoms with Gasteiger partial charge in [0.2, 0.25) is 0 Å². The molecule has 0 fully saturated rings. The fourth-order valence-corrected chi connectivity index (χ4v) is 2.35. The maximum atomic E-state index is 11.7. The number of thiophene rings is 1. The van der Waals surface area contributed by atoms with Gasteiger partial charge in [-0.3, -0.25) is 4.79 Å². The van der Waals surface area contributed by atoms with Crippen molar-refractivity contribution >= 4 is 11.3 Å². The van der Waals surface area contributed by atoms with E-state index in [9.17, 15) is 4.79 Å². The van der Waals surface area contributed by atoms with Crippen LogP contribution in [0, 0.1) is 0 Å². The standard InChI is InChI=1S/C12H15N3OS/c1-9(6-7-13)15-12(16)5-4-10(14-15)11-3-2-8-17-11/h2-5,8-9H,6-7,13H2,1H3/t9-/m1/s1. The van der Waals surface area contributed by atoms with E-state index in [1.165, 1.54) is 4.68 Å². The van der Waals surface area contributed by atoms with Crippen LogP contribution in [0.1, 0.15) is 19.4 Å². The van der Waals surface area contributed by atoms with E-state index < -0.39 is 0 Å². The zero-order chi connectivity index (χ0) is 12.3. The van der Waals surface area contributed by atoms with Crippen LogP contribution in [0.5, 0.6) is 0 Å². The van der Waals surface area contributed by atoms with Crippen molar-refractivity contribution in [3.05, 3.63) is 40.0 Å². The lowest BCUT2D eigenvalue weighted by Crippen LogP contribution is -2.26. The number of hydrogen-bond donors (Lipinski definition) is 1. The average molecular weight is 249 g/mol. The number of aromatic nitrogens is 2. The van der Waals surface area contributed by atoms with Gasteiger partial charge in [-0.15, -0.1) is 11.3 Å². The number of hydrogen-bond acceptors (Lipinski definition) is 4. The van der Waals surface area contributed by atoms with E-state index in [4.69, 9.17) is 5.73 Å². The minimum atomic E-state index is -0.0775. The molecule has 17 heavy (non-hydrogen) atoms. The van der Waals surface area contributed by atoms with Crippen LogP contribution >= 0.6 is 11.3 Å². The lowest BCUT2D eigenvalue weighted by molar-refractivity contribution is 0.445. The fourth-order valence-electron chi connectivity index (χ4n) is 1.66. The van der Waals surface area contributed by atoms with E-state index in [-0.39, 0.29) is 11.6 Å². The second kappa shape index (κ2) is 5.25. The van der Waals surface area contributed by atoms with E-state index >= 15 is 0 Å². The van der Waals surface area contributed by atoms with Gasteiger partial charge in [-0.25, -0.2) is 4.68 Å². The summed E-state index contributed by atoms with van der Waals surface area (Å²) in [5, 5.41) is 6.39. The molecule has 0 aromatic carbocycles. The lowest BCUT2D eigenvalue weighted by atomic mass is 10.2. The molecule has 2 aromatic rings. The van der Waals surface area contributed by atoms with Gasteiger partial charge in [0.05, 0.1) is 10.9 Å². The number of nitrogens with zero attached hydrogens (tertiary/aromatic N) is 2. The van der Waals surface area contributed by atoms with Crippen LogP contribution in [0.2, 0.25) is 0 Å². The van der Waals surface area contributed by atoms with Gasteiger partial charge in [-0.2, -0.15) is 5.10 Å². The molecule has 2 N–H and O–H groups in total. The second-order valence-electron chi connectivity index (χ2n) is 3.91. The molecular formula is C12H15N3OS. The summed E-state index contributed by atoms with van der Waals surface area (Å²) >= 11 is 1.61. The largest absolute Gasteiger partial charge is 0.330 e. The summed E-state index contributed by atoms with van der Waals surface area (Å²) in [4.78, 5) is 12.8. The van der Waals surface area contributed by atoms with Crippen LogP contribution in [0.25, 0.3) is 10.6 Å². The van der Waals surface area contributed by atoms with Crippen LogP contribution in [-0.4, -0.2) is 16.3 Å². The number of rotatable bonds is 4. The predicted octanol–water partition coefficient (Wildman–Crippen LogP) is 1.88. The molecule has 5 heteroatoms. The van der Waals surface area contributed by atoms with E-state index in [0.717, 1.165) is 17.0 Å². The molecule has 0 bridgehead atoms. The molecule has 0 radical (unpaired) electrons. The molecule has 0 amide bonds. The molecule has 0 aliphatic carbocycles. The summed E-state index contributed by atoms with van der Waals surface area (Å²) in [6, 6.07) is 7.33. The van der Waals surface area contributed by atoms with Crippen molar-refractivity contribution in [2.24, 2.45) is 5.73 Å². The first-order chi connectivity index (χ1) is 8.22. The highest BCUT2D eigenvalue weighted by atomic mass is 32.1. The first-order valence-corrected chi connectivity index (χ1v) is 6.44. The monoisotopic (exact) mass is 249 g/mol. The van der Waals surface area contributed by atoms with Crippen molar-refractivity contribution in [2.45, 2.75) is 19.4 Å². The van der Waals surface area contributed by atoms with Crippen molar-refractivity contribution in [2.75, 3.05) is 6.54 Å². The molecule has 90 valence electrons. The summed E-state index contributed by atoms with van der Waals surface area (Å²) in [7, 11) is 0. The topological polar surface area (TPSA) is 60.9 Å². The molecule has 0 aliphatic heterocycles. The highest BCUT2D eigenvalue weighted by molar-refractivity contribution is 7.13. The third-order valence-corrected chi connectivity index (χ3v) is 3.49. The van der Waals surface area contributed by atoms with Gasteiger partial charge in [0, 0.05) is 6.07 Å². The van der Waals surface area contributed by atoms with Gasteiger partial charge >= 0.3 is 0 Å². The zero-order valence-corrected chi connectivity index (χ0v) is 10.5. The third kappa shape index (κ3) is 2.62. The van der Waals surface area contributed by atoms with E-state index in [1.807, 2.05) is 24.4 Å². The van der Waals surface area contributed by atoms with Crippen molar-refractivity contribution < 1.29 is 0 Å². The fraction of sp³-hybridized carbons (Fsp3) is 0.333. The summed E-state index contributed by atoms with van der Waals surface area (Å²) in [5.41, 5.74) is 6.27. The summed E-state index contributed by atoms with van der Waals surface area (Å²) in [6.07, 6.45) is 0.751. The SMILES string of the molecule is C[C@H](CCN)n1nc(-c2cccs2)ccc1=O. The predicted molar refractivity (Wildman–Crippen MR) is 70.2 cm³/mol. The summed E-state index contributed by atoms with van der Waals surface area (Å²) < 4.78 is 1.52. The molecule has 0 spiro atoms. The van der Waals surface area contributed by atoms with Gasteiger partial charge in [0.15, 0.2) is 0 Å². The van der Waals surface area contributed by atoms with E-state index in [1.54, 1.807) is 23.5 Å². The van der Waals surface area contributed by atoms with Crippen LogP contribution in [0.15, 0.2) is 34.4 Å². The Morgan fingerprint density at radius 1 is 1.47 bits per heavy atom. The van der Waals surface area contributed by atoms with Gasteiger partial charge < -0.3 is 5.73 Å². The van der Waals surface area contributed by atoms with Crippen molar-refractivity contribution in [1.29, 1.82) is 0 Å². The van der Waals surface area contributed by atoms with E-state index in [2.05, 4.69) is 5.10 Å². The second-order valence-corrected chi connectivity index (χ2v) is 4.85. The van der Waals surface area contributed by atoms with Crippen LogP contribution in [0.4, 0.5) is 0 Å². The molecule has 4 nitrogen and oxygen atoms in total. The third-order valence-electron chi connectivity index (χ3n) is 2.60. The van der Waals surface area contributed by atoms with Crippen molar-refractivity contribution in [1.82, 2.24) is 9.78 Å². The molecule has 0 saturated carbocycles. The molecule has 2 aromatic heterocycles. The molecule has 1 atom stereocenters. The van der Waals surface area contributed by atoms with Gasteiger partial charge in [0.25, 0.3) is 5.56 Å². The van der Waals surface area contributed by atoms with Gasteiger partial charge in [-0.1, -0.05) is 6.07 Å². The molecular weight excluding hydrogens is 234 g/mol. The Kier molecular flexibility index (Phi) is 3.71. The quantitative estimate of drug-likeness (QED) is 0.900. The first-order valence-electron chi connectivity index (χ1n) is 5.56. The maximum Gasteiger partial charge on any atom is 0.267 e. The molecule has 0 unspecified atom stereocenters. The highest BCUT2D eigenvalue weighted by Gasteiger charge is 2.09. The van der Waals surface area contributed by atoms with Crippen LogP contribution in [0.3, 0.4) is 0 Å². The summed E-state index contributed by atoms with van der Waals surface area (Å²) in [5.74, 6) is 0. The number of nitrogens with two attached hydrogens (primary N) is 1.